The van der Waals surface area contributed by atoms with Gasteiger partial charge in [-0.25, -0.2) is 0 Å². The molecule has 25 heavy (non-hydrogen) atoms. The molecule has 1 aromatic heterocycles. The minimum atomic E-state index is -7.01. The Morgan fingerprint density at radius 2 is 1.32 bits per heavy atom. The van der Waals surface area contributed by atoms with Crippen molar-refractivity contribution in [2.45, 2.75) is 23.9 Å². The molecular formula is C13H8F9N3. The van der Waals surface area contributed by atoms with E-state index in [9.17, 15) is 39.5 Å². The van der Waals surface area contributed by atoms with Crippen molar-refractivity contribution in [3.05, 3.63) is 36.0 Å². The number of aromatic amines is 1. The predicted octanol–water partition coefficient (Wildman–Crippen LogP) is 4.58. The number of aromatic nitrogens is 2. The predicted molar refractivity (Wildman–Crippen MR) is 68.3 cm³/mol. The molecule has 12 heteroatoms. The number of alkyl halides is 9. The van der Waals surface area contributed by atoms with Crippen molar-refractivity contribution in [2.24, 2.45) is 0 Å². The fourth-order valence-electron chi connectivity index (χ4n) is 1.94. The van der Waals surface area contributed by atoms with Crippen molar-refractivity contribution in [1.29, 1.82) is 0 Å². The van der Waals surface area contributed by atoms with Gasteiger partial charge < -0.3 is 5.73 Å². The summed E-state index contributed by atoms with van der Waals surface area (Å²) in [7, 11) is 0. The van der Waals surface area contributed by atoms with Crippen LogP contribution in [0, 0.1) is 0 Å². The Morgan fingerprint density at radius 3 is 1.80 bits per heavy atom. The van der Waals surface area contributed by atoms with E-state index in [1.54, 1.807) is 0 Å². The molecule has 138 valence electrons. The summed E-state index contributed by atoms with van der Waals surface area (Å²) in [6.07, 6.45) is -6.91. The van der Waals surface area contributed by atoms with Crippen LogP contribution in [0.15, 0.2) is 30.3 Å². The largest absolute Gasteiger partial charge is 0.460 e. The minimum Gasteiger partial charge on any atom is -0.395 e. The third-order valence-electron chi connectivity index (χ3n) is 3.31. The van der Waals surface area contributed by atoms with Crippen molar-refractivity contribution in [1.82, 2.24) is 10.2 Å². The second-order valence-electron chi connectivity index (χ2n) is 4.95. The number of benzene rings is 1. The van der Waals surface area contributed by atoms with Gasteiger partial charge in [-0.1, -0.05) is 30.3 Å². The van der Waals surface area contributed by atoms with Crippen molar-refractivity contribution >= 4 is 5.69 Å². The van der Waals surface area contributed by atoms with Crippen LogP contribution < -0.4 is 5.73 Å². The Hall–Kier alpha value is -2.40. The van der Waals surface area contributed by atoms with Gasteiger partial charge in [0.2, 0.25) is 0 Å². The van der Waals surface area contributed by atoms with E-state index in [4.69, 9.17) is 5.73 Å². The molecule has 3 nitrogen and oxygen atoms in total. The first-order chi connectivity index (χ1) is 11.2. The van der Waals surface area contributed by atoms with E-state index in [1.807, 2.05) is 0 Å². The highest BCUT2D eigenvalue weighted by atomic mass is 19.4. The van der Waals surface area contributed by atoms with Gasteiger partial charge in [-0.2, -0.15) is 44.6 Å². The SMILES string of the molecule is Nc1c(-c2ccccc2)n[nH]c1C(F)(F)C(F)(F)C(F)(F)C(F)(F)F. The monoisotopic (exact) mass is 377 g/mol. The summed E-state index contributed by atoms with van der Waals surface area (Å²) in [6, 6.07) is 6.91. The lowest BCUT2D eigenvalue weighted by atomic mass is 9.99. The van der Waals surface area contributed by atoms with Crippen LogP contribution in [-0.4, -0.2) is 28.2 Å². The van der Waals surface area contributed by atoms with Crippen molar-refractivity contribution in [2.75, 3.05) is 5.73 Å². The van der Waals surface area contributed by atoms with Gasteiger partial charge in [-0.3, -0.25) is 5.10 Å². The molecule has 2 rings (SSSR count). The van der Waals surface area contributed by atoms with Gasteiger partial charge in [0, 0.05) is 5.56 Å². The Bertz CT molecular complexity index is 750. The molecule has 1 heterocycles. The van der Waals surface area contributed by atoms with E-state index < -0.39 is 41.0 Å². The summed E-state index contributed by atoms with van der Waals surface area (Å²) in [5.74, 6) is -19.8. The highest BCUT2D eigenvalue weighted by Gasteiger charge is 2.82. The number of nitrogens with zero attached hydrogens (tertiary/aromatic N) is 1. The first kappa shape index (κ1) is 18.9. The molecule has 0 aliphatic rings. The topological polar surface area (TPSA) is 54.7 Å². The smallest absolute Gasteiger partial charge is 0.395 e. The van der Waals surface area contributed by atoms with Crippen molar-refractivity contribution in [3.8, 4) is 11.3 Å². The number of H-pyrrole nitrogens is 1. The zero-order valence-corrected chi connectivity index (χ0v) is 11.8. The van der Waals surface area contributed by atoms with Crippen molar-refractivity contribution < 1.29 is 39.5 Å². The lowest BCUT2D eigenvalue weighted by Gasteiger charge is -2.33. The van der Waals surface area contributed by atoms with Crippen LogP contribution >= 0.6 is 0 Å². The normalized spacial score (nSPS) is 14.0. The first-order valence-corrected chi connectivity index (χ1v) is 6.35. The molecule has 0 spiro atoms. The zero-order valence-electron chi connectivity index (χ0n) is 11.8. The number of nitrogens with one attached hydrogen (secondary N) is 1. The molecule has 0 aliphatic carbocycles. The fraction of sp³-hybridized carbons (Fsp3) is 0.308. The highest BCUT2D eigenvalue weighted by molar-refractivity contribution is 5.74. The highest BCUT2D eigenvalue weighted by Crippen LogP contribution is 2.57. The molecule has 0 saturated carbocycles. The first-order valence-electron chi connectivity index (χ1n) is 6.35. The van der Waals surface area contributed by atoms with Crippen LogP contribution in [0.25, 0.3) is 11.3 Å². The third kappa shape index (κ3) is 2.68. The third-order valence-corrected chi connectivity index (χ3v) is 3.31. The Labute approximate surface area is 133 Å². The number of halogens is 9. The Morgan fingerprint density at radius 1 is 0.800 bits per heavy atom. The van der Waals surface area contributed by atoms with Crippen molar-refractivity contribution in [3.63, 3.8) is 0 Å². The summed E-state index contributed by atoms with van der Waals surface area (Å²) < 4.78 is 117. The molecule has 0 atom stereocenters. The maximum atomic E-state index is 13.9. The second-order valence-corrected chi connectivity index (χ2v) is 4.95. The Balaban J connectivity index is 2.56. The molecular weight excluding hydrogens is 369 g/mol. The van der Waals surface area contributed by atoms with Gasteiger partial charge in [0.1, 0.15) is 11.4 Å². The number of rotatable bonds is 4. The van der Waals surface area contributed by atoms with E-state index in [0.29, 0.717) is 0 Å². The molecule has 0 amide bonds. The van der Waals surface area contributed by atoms with Gasteiger partial charge in [0.05, 0.1) is 5.69 Å². The van der Waals surface area contributed by atoms with Crippen LogP contribution in [0.1, 0.15) is 5.69 Å². The summed E-state index contributed by atoms with van der Waals surface area (Å²) >= 11 is 0. The van der Waals surface area contributed by atoms with Crippen LogP contribution in [0.2, 0.25) is 0 Å². The molecule has 3 N–H and O–H groups in total. The molecule has 0 radical (unpaired) electrons. The van der Waals surface area contributed by atoms with E-state index in [-0.39, 0.29) is 5.56 Å². The maximum Gasteiger partial charge on any atom is 0.460 e. The molecule has 1 aromatic carbocycles. The van der Waals surface area contributed by atoms with E-state index in [2.05, 4.69) is 5.10 Å². The zero-order chi connectivity index (χ0) is 19.3. The maximum absolute atomic E-state index is 13.9. The lowest BCUT2D eigenvalue weighted by molar-refractivity contribution is -0.400. The molecule has 0 saturated heterocycles. The van der Waals surface area contributed by atoms with Gasteiger partial charge in [-0.05, 0) is 0 Å². The lowest BCUT2D eigenvalue weighted by Crippen LogP contribution is -2.59. The number of nitrogen functional groups attached to an aromatic ring is 1. The average molecular weight is 377 g/mol. The summed E-state index contributed by atoms with van der Waals surface area (Å²) in [5.41, 5.74) is 1.58. The molecule has 2 aromatic rings. The average Bonchev–Trinajstić information content (AvgIpc) is 2.89. The molecule has 0 bridgehead atoms. The number of anilines is 1. The summed E-state index contributed by atoms with van der Waals surface area (Å²) in [4.78, 5) is 0. The number of hydrogen-bond acceptors (Lipinski definition) is 2. The standard InChI is InChI=1S/C13H8F9N3/c14-10(15,11(16,17)12(18,19)13(20,21)22)9-7(23)8(24-25-9)6-4-2-1-3-5-6/h1-5H,23H2,(H,24,25). The number of hydrogen-bond donors (Lipinski definition) is 2. The van der Waals surface area contributed by atoms with E-state index in [0.717, 1.165) is 0 Å². The molecule has 0 unspecified atom stereocenters. The Kier molecular flexibility index (Phi) is 4.21. The van der Waals surface area contributed by atoms with Crippen LogP contribution in [0.5, 0.6) is 0 Å². The van der Waals surface area contributed by atoms with Gasteiger partial charge in [0.15, 0.2) is 0 Å². The second kappa shape index (κ2) is 5.56. The molecule has 0 fully saturated rings. The summed E-state index contributed by atoms with van der Waals surface area (Å²) in [6.45, 7) is 0. The number of nitrogens with two attached hydrogens (primary N) is 1. The summed E-state index contributed by atoms with van der Waals surface area (Å²) in [5, 5.41) is 4.56. The fourth-order valence-corrected chi connectivity index (χ4v) is 1.94. The van der Waals surface area contributed by atoms with E-state index in [1.165, 1.54) is 35.4 Å². The van der Waals surface area contributed by atoms with Crippen LogP contribution in [-0.2, 0) is 5.92 Å². The van der Waals surface area contributed by atoms with Gasteiger partial charge in [0.25, 0.3) is 0 Å². The van der Waals surface area contributed by atoms with Gasteiger partial charge >= 0.3 is 23.9 Å². The van der Waals surface area contributed by atoms with Crippen LogP contribution in [0.3, 0.4) is 0 Å². The van der Waals surface area contributed by atoms with Gasteiger partial charge in [-0.15, -0.1) is 0 Å². The molecule has 0 aliphatic heterocycles. The van der Waals surface area contributed by atoms with E-state index >= 15 is 0 Å². The van der Waals surface area contributed by atoms with Crippen LogP contribution in [0.4, 0.5) is 45.2 Å². The minimum absolute atomic E-state index is 0.0594. The quantitative estimate of drug-likeness (QED) is 0.767.